The van der Waals surface area contributed by atoms with E-state index in [-0.39, 0.29) is 19.6 Å². The van der Waals surface area contributed by atoms with Crippen LogP contribution in [0.3, 0.4) is 0 Å². The molecule has 0 aliphatic rings. The number of carbonyl (C=O) groups excluding carboxylic acids is 1. The van der Waals surface area contributed by atoms with Crippen LogP contribution in [0.15, 0.2) is 24.3 Å². The second-order valence-electron chi connectivity index (χ2n) is 4.11. The van der Waals surface area contributed by atoms with E-state index in [1.165, 1.54) is 0 Å². The van der Waals surface area contributed by atoms with Gasteiger partial charge in [0.25, 0.3) is 0 Å². The van der Waals surface area contributed by atoms with E-state index >= 15 is 0 Å². The Morgan fingerprint density at radius 2 is 1.95 bits per heavy atom. The second-order valence-corrected chi connectivity index (χ2v) is 4.55. The highest BCUT2D eigenvalue weighted by molar-refractivity contribution is 6.30. The van der Waals surface area contributed by atoms with Gasteiger partial charge in [0.2, 0.25) is 0 Å². The fourth-order valence-corrected chi connectivity index (χ4v) is 1.68. The van der Waals surface area contributed by atoms with Crippen molar-refractivity contribution < 1.29 is 24.2 Å². The van der Waals surface area contributed by atoms with Crippen molar-refractivity contribution in [3.05, 3.63) is 34.9 Å². The van der Waals surface area contributed by atoms with Gasteiger partial charge in [-0.05, 0) is 31.0 Å². The van der Waals surface area contributed by atoms with Gasteiger partial charge in [-0.2, -0.15) is 0 Å². The van der Waals surface area contributed by atoms with Crippen molar-refractivity contribution in [3.63, 3.8) is 0 Å². The van der Waals surface area contributed by atoms with E-state index in [1.807, 2.05) is 12.1 Å². The number of esters is 1. The predicted octanol–water partition coefficient (Wildman–Crippen LogP) is 2.51. The van der Waals surface area contributed by atoms with Crippen LogP contribution in [0.2, 0.25) is 5.02 Å². The molecular formula is C14H17ClO5. The van der Waals surface area contributed by atoms with Crippen molar-refractivity contribution in [3.8, 4) is 0 Å². The van der Waals surface area contributed by atoms with E-state index in [0.717, 1.165) is 5.56 Å². The molecule has 0 aliphatic heterocycles. The topological polar surface area (TPSA) is 72.8 Å². The summed E-state index contributed by atoms with van der Waals surface area (Å²) in [5.74, 6) is -3.10. The summed E-state index contributed by atoms with van der Waals surface area (Å²) < 4.78 is 10.1. The van der Waals surface area contributed by atoms with Crippen LogP contribution in [0.1, 0.15) is 18.9 Å². The third-order valence-corrected chi connectivity index (χ3v) is 2.85. The van der Waals surface area contributed by atoms with Crippen molar-refractivity contribution >= 4 is 23.5 Å². The molecule has 0 saturated heterocycles. The summed E-state index contributed by atoms with van der Waals surface area (Å²) in [4.78, 5) is 22.4. The second kappa shape index (κ2) is 8.55. The Hall–Kier alpha value is -1.59. The zero-order chi connectivity index (χ0) is 15.0. The highest BCUT2D eigenvalue weighted by Gasteiger charge is 2.27. The molecule has 1 N–H and O–H groups in total. The summed E-state index contributed by atoms with van der Waals surface area (Å²) in [6.07, 6.45) is 0.0851. The average Bonchev–Trinajstić information content (AvgIpc) is 2.40. The predicted molar refractivity (Wildman–Crippen MR) is 73.5 cm³/mol. The smallest absolute Gasteiger partial charge is 0.320 e. The van der Waals surface area contributed by atoms with Gasteiger partial charge in [0.15, 0.2) is 5.92 Å². The first-order valence-electron chi connectivity index (χ1n) is 6.26. The lowest BCUT2D eigenvalue weighted by Gasteiger charge is -2.11. The number of benzene rings is 1. The Balaban J connectivity index is 2.35. The van der Waals surface area contributed by atoms with E-state index in [2.05, 4.69) is 0 Å². The minimum absolute atomic E-state index is 0.0851. The molecule has 5 nitrogen and oxygen atoms in total. The highest BCUT2D eigenvalue weighted by atomic mass is 35.5. The summed E-state index contributed by atoms with van der Waals surface area (Å²) >= 11 is 5.76. The van der Waals surface area contributed by atoms with E-state index in [1.54, 1.807) is 19.1 Å². The molecule has 0 amide bonds. The highest BCUT2D eigenvalue weighted by Crippen LogP contribution is 2.11. The van der Waals surface area contributed by atoms with Crippen LogP contribution in [0, 0.1) is 5.92 Å². The first-order chi connectivity index (χ1) is 9.54. The molecule has 1 aromatic carbocycles. The third-order valence-electron chi connectivity index (χ3n) is 2.60. The number of hydrogen-bond donors (Lipinski definition) is 1. The molecule has 0 saturated carbocycles. The molecule has 0 radical (unpaired) electrons. The Morgan fingerprint density at radius 3 is 2.50 bits per heavy atom. The maximum Gasteiger partial charge on any atom is 0.320 e. The number of hydrogen-bond acceptors (Lipinski definition) is 4. The number of carboxylic acid groups (broad SMARTS) is 1. The quantitative estimate of drug-likeness (QED) is 0.454. The van der Waals surface area contributed by atoms with Gasteiger partial charge in [-0.1, -0.05) is 23.7 Å². The Labute approximate surface area is 122 Å². The third kappa shape index (κ3) is 5.59. The van der Waals surface area contributed by atoms with Crippen molar-refractivity contribution in [1.82, 2.24) is 0 Å². The molecule has 0 heterocycles. The minimum Gasteiger partial charge on any atom is -0.481 e. The van der Waals surface area contributed by atoms with Crippen LogP contribution < -0.4 is 0 Å². The monoisotopic (exact) mass is 300 g/mol. The van der Waals surface area contributed by atoms with Gasteiger partial charge >= 0.3 is 11.9 Å². The Bertz CT molecular complexity index is 443. The van der Waals surface area contributed by atoms with Crippen LogP contribution in [0.4, 0.5) is 0 Å². The van der Waals surface area contributed by atoms with Crippen molar-refractivity contribution in [2.45, 2.75) is 20.0 Å². The van der Waals surface area contributed by atoms with Gasteiger partial charge in [-0.15, -0.1) is 0 Å². The molecule has 1 aromatic rings. The van der Waals surface area contributed by atoms with E-state index < -0.39 is 17.9 Å². The SMILES string of the molecule is CCOC(=O)C(CCOCc1ccc(Cl)cc1)C(=O)O. The fraction of sp³-hybridized carbons (Fsp3) is 0.429. The number of halogens is 1. The molecular weight excluding hydrogens is 284 g/mol. The largest absolute Gasteiger partial charge is 0.481 e. The molecule has 0 spiro atoms. The molecule has 20 heavy (non-hydrogen) atoms. The van der Waals surface area contributed by atoms with Crippen LogP contribution in [-0.2, 0) is 25.7 Å². The summed E-state index contributed by atoms with van der Waals surface area (Å²) in [6, 6.07) is 7.14. The number of ether oxygens (including phenoxy) is 2. The van der Waals surface area contributed by atoms with Crippen LogP contribution >= 0.6 is 11.6 Å². The molecule has 1 unspecified atom stereocenters. The molecule has 6 heteroatoms. The number of rotatable bonds is 8. The van der Waals surface area contributed by atoms with E-state index in [0.29, 0.717) is 11.6 Å². The maximum absolute atomic E-state index is 11.4. The average molecular weight is 301 g/mol. The molecule has 110 valence electrons. The van der Waals surface area contributed by atoms with E-state index in [4.69, 9.17) is 26.2 Å². The number of carboxylic acids is 1. The van der Waals surface area contributed by atoms with Gasteiger partial charge in [-0.3, -0.25) is 9.59 Å². The zero-order valence-electron chi connectivity index (χ0n) is 11.2. The molecule has 0 fully saturated rings. The van der Waals surface area contributed by atoms with Gasteiger partial charge in [0.05, 0.1) is 13.2 Å². The van der Waals surface area contributed by atoms with E-state index in [9.17, 15) is 9.59 Å². The Kier molecular flexibility index (Phi) is 7.04. The summed E-state index contributed by atoms with van der Waals surface area (Å²) in [7, 11) is 0. The Morgan fingerprint density at radius 1 is 1.30 bits per heavy atom. The lowest BCUT2D eigenvalue weighted by atomic mass is 10.1. The van der Waals surface area contributed by atoms with Gasteiger partial charge in [-0.25, -0.2) is 0 Å². The van der Waals surface area contributed by atoms with Crippen LogP contribution in [-0.4, -0.2) is 30.3 Å². The molecule has 0 bridgehead atoms. The number of aliphatic carboxylic acids is 1. The van der Waals surface area contributed by atoms with Crippen LogP contribution in [0.25, 0.3) is 0 Å². The lowest BCUT2D eigenvalue weighted by Crippen LogP contribution is -2.27. The lowest BCUT2D eigenvalue weighted by molar-refractivity contribution is -0.159. The molecule has 1 rings (SSSR count). The summed E-state index contributed by atoms with van der Waals surface area (Å²) in [5, 5.41) is 9.59. The van der Waals surface area contributed by atoms with Crippen molar-refractivity contribution in [2.75, 3.05) is 13.2 Å². The summed E-state index contributed by atoms with van der Waals surface area (Å²) in [6.45, 7) is 2.30. The van der Waals surface area contributed by atoms with Gasteiger partial charge < -0.3 is 14.6 Å². The van der Waals surface area contributed by atoms with Gasteiger partial charge in [0.1, 0.15) is 0 Å². The normalized spacial score (nSPS) is 11.9. The first-order valence-corrected chi connectivity index (χ1v) is 6.64. The molecule has 0 aliphatic carbocycles. The summed E-state index contributed by atoms with van der Waals surface area (Å²) in [5.41, 5.74) is 0.928. The van der Waals surface area contributed by atoms with Crippen molar-refractivity contribution in [2.24, 2.45) is 5.92 Å². The van der Waals surface area contributed by atoms with Crippen molar-refractivity contribution in [1.29, 1.82) is 0 Å². The first kappa shape index (κ1) is 16.5. The fourth-order valence-electron chi connectivity index (χ4n) is 1.56. The molecule has 1 atom stereocenters. The zero-order valence-corrected chi connectivity index (χ0v) is 11.9. The standard InChI is InChI=1S/C14H17ClO5/c1-2-20-14(18)12(13(16)17)7-8-19-9-10-3-5-11(15)6-4-10/h3-6,12H,2,7-9H2,1H3,(H,16,17). The van der Waals surface area contributed by atoms with Gasteiger partial charge in [0, 0.05) is 11.6 Å². The maximum atomic E-state index is 11.4. The number of carbonyl (C=O) groups is 2. The van der Waals surface area contributed by atoms with Crippen LogP contribution in [0.5, 0.6) is 0 Å². The minimum atomic E-state index is -1.20. The molecule has 0 aromatic heterocycles.